The summed E-state index contributed by atoms with van der Waals surface area (Å²) in [6.07, 6.45) is 1.50. The zero-order chi connectivity index (χ0) is 17.4. The number of oxime groups is 1. The summed E-state index contributed by atoms with van der Waals surface area (Å²) in [4.78, 5) is 5.27. The van der Waals surface area contributed by atoms with E-state index in [1.807, 2.05) is 19.1 Å². The number of benzene rings is 2. The van der Waals surface area contributed by atoms with Crippen molar-refractivity contribution in [3.63, 3.8) is 0 Å². The fourth-order valence-electron chi connectivity index (χ4n) is 2.03. The Hall–Kier alpha value is -2.71. The predicted molar refractivity (Wildman–Crippen MR) is 92.7 cm³/mol. The van der Waals surface area contributed by atoms with Gasteiger partial charge in [-0.2, -0.15) is 5.26 Å². The monoisotopic (exact) mass is 344 g/mol. The normalized spacial score (nSPS) is 10.4. The van der Waals surface area contributed by atoms with E-state index in [2.05, 4.69) is 11.2 Å². The van der Waals surface area contributed by atoms with Gasteiger partial charge in [0.15, 0.2) is 11.5 Å². The molecule has 0 aliphatic heterocycles. The van der Waals surface area contributed by atoms with Crippen LogP contribution in [0.3, 0.4) is 0 Å². The van der Waals surface area contributed by atoms with Crippen LogP contribution in [-0.2, 0) is 11.4 Å². The third-order valence-corrected chi connectivity index (χ3v) is 3.53. The van der Waals surface area contributed by atoms with E-state index in [4.69, 9.17) is 31.2 Å². The standard InChI is InChI=1S/C18H17ClN2O3/c1-3-23-18-8-15(16(19)9-17(18)22-2)11-21-24-12-14-7-5-4-6-13(14)10-20/h4-9,11H,3,12H2,1-2H3/b21-11-. The van der Waals surface area contributed by atoms with Crippen molar-refractivity contribution >= 4 is 17.8 Å². The van der Waals surface area contributed by atoms with Gasteiger partial charge in [0, 0.05) is 17.2 Å². The van der Waals surface area contributed by atoms with E-state index < -0.39 is 0 Å². The van der Waals surface area contributed by atoms with Crippen LogP contribution in [-0.4, -0.2) is 19.9 Å². The molecule has 0 heterocycles. The maximum atomic E-state index is 9.03. The summed E-state index contributed by atoms with van der Waals surface area (Å²) in [6, 6.07) is 12.7. The van der Waals surface area contributed by atoms with Crippen LogP contribution < -0.4 is 9.47 Å². The molecule has 0 aliphatic carbocycles. The molecule has 0 unspecified atom stereocenters. The molecule has 5 nitrogen and oxygen atoms in total. The molecule has 0 saturated carbocycles. The first-order valence-electron chi connectivity index (χ1n) is 7.33. The lowest BCUT2D eigenvalue weighted by molar-refractivity contribution is 0.132. The smallest absolute Gasteiger partial charge is 0.162 e. The van der Waals surface area contributed by atoms with Crippen molar-refractivity contribution in [2.45, 2.75) is 13.5 Å². The lowest BCUT2D eigenvalue weighted by atomic mass is 10.1. The number of halogens is 1. The third-order valence-electron chi connectivity index (χ3n) is 3.21. The van der Waals surface area contributed by atoms with Crippen LogP contribution in [0.1, 0.15) is 23.6 Å². The summed E-state index contributed by atoms with van der Waals surface area (Å²) in [7, 11) is 1.55. The summed E-state index contributed by atoms with van der Waals surface area (Å²) in [5.74, 6) is 1.14. The molecular weight excluding hydrogens is 328 g/mol. The first kappa shape index (κ1) is 17.6. The highest BCUT2D eigenvalue weighted by Gasteiger charge is 2.09. The quantitative estimate of drug-likeness (QED) is 0.558. The highest BCUT2D eigenvalue weighted by atomic mass is 35.5. The minimum atomic E-state index is 0.201. The van der Waals surface area contributed by atoms with Crippen LogP contribution >= 0.6 is 11.6 Å². The van der Waals surface area contributed by atoms with Gasteiger partial charge in [0.1, 0.15) is 6.61 Å². The number of nitrogens with zero attached hydrogens (tertiary/aromatic N) is 2. The number of rotatable bonds is 7. The van der Waals surface area contributed by atoms with Gasteiger partial charge in [-0.3, -0.25) is 0 Å². The molecule has 24 heavy (non-hydrogen) atoms. The molecule has 2 rings (SSSR count). The van der Waals surface area contributed by atoms with Crippen molar-refractivity contribution in [1.82, 2.24) is 0 Å². The first-order valence-corrected chi connectivity index (χ1v) is 7.71. The summed E-state index contributed by atoms with van der Waals surface area (Å²) < 4.78 is 10.7. The maximum Gasteiger partial charge on any atom is 0.162 e. The molecule has 0 saturated heterocycles. The predicted octanol–water partition coefficient (Wildman–Crippen LogP) is 4.17. The Morgan fingerprint density at radius 2 is 2.04 bits per heavy atom. The number of nitriles is 1. The molecule has 0 N–H and O–H groups in total. The van der Waals surface area contributed by atoms with E-state index in [9.17, 15) is 0 Å². The van der Waals surface area contributed by atoms with Crippen molar-refractivity contribution in [2.75, 3.05) is 13.7 Å². The van der Waals surface area contributed by atoms with Crippen LogP contribution in [0.4, 0.5) is 0 Å². The minimum Gasteiger partial charge on any atom is -0.493 e. The summed E-state index contributed by atoms with van der Waals surface area (Å²) in [5, 5.41) is 13.4. The first-order chi connectivity index (χ1) is 11.7. The second kappa shape index (κ2) is 8.80. The van der Waals surface area contributed by atoms with E-state index in [1.54, 1.807) is 31.4 Å². The van der Waals surface area contributed by atoms with Crippen LogP contribution in [0.25, 0.3) is 0 Å². The van der Waals surface area contributed by atoms with E-state index in [-0.39, 0.29) is 6.61 Å². The average molecular weight is 345 g/mol. The zero-order valence-electron chi connectivity index (χ0n) is 13.5. The SMILES string of the molecule is CCOc1cc(/C=N\OCc2ccccc2C#N)c(Cl)cc1OC. The van der Waals surface area contributed by atoms with Crippen molar-refractivity contribution in [3.05, 3.63) is 58.1 Å². The fourth-order valence-corrected chi connectivity index (χ4v) is 2.24. The topological polar surface area (TPSA) is 63.8 Å². The molecule has 0 bridgehead atoms. The molecule has 0 aromatic heterocycles. The van der Waals surface area contributed by atoms with Crippen LogP contribution in [0.5, 0.6) is 11.5 Å². The number of methoxy groups -OCH3 is 1. The number of hydrogen-bond donors (Lipinski definition) is 0. The highest BCUT2D eigenvalue weighted by Crippen LogP contribution is 2.32. The Bertz CT molecular complexity index is 769. The van der Waals surface area contributed by atoms with Gasteiger partial charge in [-0.15, -0.1) is 0 Å². The van der Waals surface area contributed by atoms with Gasteiger partial charge in [-0.05, 0) is 19.1 Å². The molecule has 0 amide bonds. The second-order valence-electron chi connectivity index (χ2n) is 4.73. The van der Waals surface area contributed by atoms with E-state index in [0.717, 1.165) is 5.56 Å². The molecule has 0 atom stereocenters. The van der Waals surface area contributed by atoms with Gasteiger partial charge in [0.05, 0.1) is 36.6 Å². The Balaban J connectivity index is 2.09. The lowest BCUT2D eigenvalue weighted by Crippen LogP contribution is -1.97. The van der Waals surface area contributed by atoms with Crippen molar-refractivity contribution in [1.29, 1.82) is 5.26 Å². The van der Waals surface area contributed by atoms with Crippen molar-refractivity contribution in [3.8, 4) is 17.6 Å². The molecule has 124 valence electrons. The van der Waals surface area contributed by atoms with Crippen molar-refractivity contribution < 1.29 is 14.3 Å². The van der Waals surface area contributed by atoms with Crippen LogP contribution in [0, 0.1) is 11.3 Å². The third kappa shape index (κ3) is 4.40. The molecule has 0 spiro atoms. The van der Waals surface area contributed by atoms with Gasteiger partial charge in [0.2, 0.25) is 0 Å². The molecule has 0 radical (unpaired) electrons. The van der Waals surface area contributed by atoms with E-state index in [0.29, 0.717) is 34.3 Å². The Morgan fingerprint density at radius 3 is 2.75 bits per heavy atom. The van der Waals surface area contributed by atoms with Gasteiger partial charge < -0.3 is 14.3 Å². The Labute approximate surface area is 146 Å². The molecule has 2 aromatic carbocycles. The van der Waals surface area contributed by atoms with Crippen LogP contribution in [0.15, 0.2) is 41.6 Å². The molecule has 0 aliphatic rings. The molecule has 6 heteroatoms. The van der Waals surface area contributed by atoms with E-state index in [1.165, 1.54) is 6.21 Å². The number of ether oxygens (including phenoxy) is 2. The van der Waals surface area contributed by atoms with Gasteiger partial charge in [0.25, 0.3) is 0 Å². The van der Waals surface area contributed by atoms with Crippen molar-refractivity contribution in [2.24, 2.45) is 5.16 Å². The average Bonchev–Trinajstić information content (AvgIpc) is 2.61. The van der Waals surface area contributed by atoms with Crippen LogP contribution in [0.2, 0.25) is 5.02 Å². The molecule has 2 aromatic rings. The largest absolute Gasteiger partial charge is 0.493 e. The van der Waals surface area contributed by atoms with Gasteiger partial charge in [-0.25, -0.2) is 0 Å². The minimum absolute atomic E-state index is 0.201. The summed E-state index contributed by atoms with van der Waals surface area (Å²) in [6.45, 7) is 2.60. The Morgan fingerprint density at radius 1 is 1.25 bits per heavy atom. The second-order valence-corrected chi connectivity index (χ2v) is 5.14. The maximum absolute atomic E-state index is 9.03. The summed E-state index contributed by atoms with van der Waals surface area (Å²) in [5.41, 5.74) is 1.98. The lowest BCUT2D eigenvalue weighted by Gasteiger charge is -2.11. The highest BCUT2D eigenvalue weighted by molar-refractivity contribution is 6.33. The molecule has 0 fully saturated rings. The fraction of sp³-hybridized carbons (Fsp3) is 0.222. The Kier molecular flexibility index (Phi) is 6.47. The zero-order valence-corrected chi connectivity index (χ0v) is 14.2. The van der Waals surface area contributed by atoms with E-state index >= 15 is 0 Å². The summed E-state index contributed by atoms with van der Waals surface area (Å²) >= 11 is 6.20. The molecular formula is C18H17ClN2O3. The number of hydrogen-bond acceptors (Lipinski definition) is 5. The van der Waals surface area contributed by atoms with Gasteiger partial charge >= 0.3 is 0 Å². The van der Waals surface area contributed by atoms with Gasteiger partial charge in [-0.1, -0.05) is 35.0 Å².